The zero-order valence-corrected chi connectivity index (χ0v) is 20.3. The van der Waals surface area contributed by atoms with Gasteiger partial charge in [0.2, 0.25) is 0 Å². The van der Waals surface area contributed by atoms with Crippen LogP contribution in [0.25, 0.3) is 22.2 Å². The topological polar surface area (TPSA) is 86.6 Å². The van der Waals surface area contributed by atoms with Gasteiger partial charge in [0.15, 0.2) is 5.82 Å². The van der Waals surface area contributed by atoms with Gasteiger partial charge in [0.1, 0.15) is 29.4 Å². The minimum Gasteiger partial charge on any atom is -0.508 e. The smallest absolute Gasteiger partial charge is 0.319 e. The molecule has 2 aromatic heterocycles. The predicted octanol–water partition coefficient (Wildman–Crippen LogP) is 3.48. The van der Waals surface area contributed by atoms with Crippen LogP contribution in [-0.4, -0.2) is 75.4 Å². The molecular formula is C27H31FN6O2. The normalized spacial score (nSPS) is 25.0. The highest BCUT2D eigenvalue weighted by molar-refractivity contribution is 5.92. The average Bonchev–Trinajstić information content (AvgIpc) is 3.56. The molecule has 0 unspecified atom stereocenters. The minimum atomic E-state index is -0.522. The minimum absolute atomic E-state index is 0.0517. The van der Waals surface area contributed by atoms with Crippen LogP contribution in [-0.2, 0) is 0 Å². The molecule has 0 spiro atoms. The highest BCUT2D eigenvalue weighted by atomic mass is 19.1. The molecule has 7 rings (SSSR count). The number of rotatable bonds is 5. The third kappa shape index (κ3) is 3.67. The molecule has 2 bridgehead atoms. The van der Waals surface area contributed by atoms with Gasteiger partial charge in [-0.25, -0.2) is 4.39 Å². The van der Waals surface area contributed by atoms with Crippen molar-refractivity contribution in [3.63, 3.8) is 0 Å². The van der Waals surface area contributed by atoms with Crippen molar-refractivity contribution < 1.29 is 14.2 Å². The highest BCUT2D eigenvalue weighted by Crippen LogP contribution is 2.40. The first-order valence-corrected chi connectivity index (χ1v) is 13.1. The van der Waals surface area contributed by atoms with Gasteiger partial charge in [-0.05, 0) is 63.7 Å². The standard InChI is InChI=1S/C27H31FN6O2/c28-22-23(17-4-1-5-20(35)12-17)29-13-21-24(22)31-26(36-16-27-8-2-10-34(27)11-3-9-27)32-25(21)33-14-18-6-7-19(15-33)30-18/h1,4-5,12-13,18-19,30,35H,2-3,6-11,14-16H2/t18-,19+. The molecule has 0 amide bonds. The molecule has 3 aromatic rings. The Balaban J connectivity index is 1.30. The lowest BCUT2D eigenvalue weighted by Gasteiger charge is -2.34. The number of halogens is 1. The summed E-state index contributed by atoms with van der Waals surface area (Å²) >= 11 is 0. The first-order valence-electron chi connectivity index (χ1n) is 13.1. The van der Waals surface area contributed by atoms with Crippen molar-refractivity contribution in [3.8, 4) is 23.0 Å². The van der Waals surface area contributed by atoms with E-state index >= 15 is 4.39 Å². The van der Waals surface area contributed by atoms with Gasteiger partial charge in [0.25, 0.3) is 0 Å². The molecule has 9 heteroatoms. The lowest BCUT2D eigenvalue weighted by molar-refractivity contribution is 0.108. The van der Waals surface area contributed by atoms with E-state index in [-0.39, 0.29) is 28.5 Å². The van der Waals surface area contributed by atoms with Crippen molar-refractivity contribution in [1.29, 1.82) is 0 Å². The maximum absolute atomic E-state index is 16.0. The van der Waals surface area contributed by atoms with Crippen molar-refractivity contribution in [1.82, 2.24) is 25.2 Å². The Hall–Kier alpha value is -3.04. The second-order valence-electron chi connectivity index (χ2n) is 10.8. The number of fused-ring (bicyclic) bond motifs is 4. The molecule has 0 saturated carbocycles. The maximum Gasteiger partial charge on any atom is 0.319 e. The number of aromatic nitrogens is 3. The molecule has 4 saturated heterocycles. The summed E-state index contributed by atoms with van der Waals surface area (Å²) in [4.78, 5) is 18.7. The number of nitrogens with one attached hydrogen (secondary N) is 1. The number of ether oxygens (including phenoxy) is 1. The van der Waals surface area contributed by atoms with Crippen molar-refractivity contribution in [2.45, 2.75) is 56.1 Å². The number of phenols is 1. The first-order chi connectivity index (χ1) is 17.6. The van der Waals surface area contributed by atoms with Crippen molar-refractivity contribution in [2.24, 2.45) is 0 Å². The number of piperazine rings is 1. The van der Waals surface area contributed by atoms with Gasteiger partial charge in [0.05, 0.1) is 10.9 Å². The average molecular weight is 491 g/mol. The van der Waals surface area contributed by atoms with Crippen LogP contribution in [0.15, 0.2) is 30.5 Å². The fourth-order valence-electron chi connectivity index (χ4n) is 6.81. The Bertz CT molecular complexity index is 1300. The van der Waals surface area contributed by atoms with Gasteiger partial charge in [-0.3, -0.25) is 9.88 Å². The molecular weight excluding hydrogens is 459 g/mol. The number of hydrogen-bond acceptors (Lipinski definition) is 8. The van der Waals surface area contributed by atoms with Crippen LogP contribution in [0.3, 0.4) is 0 Å². The highest BCUT2D eigenvalue weighted by Gasteiger charge is 2.45. The van der Waals surface area contributed by atoms with E-state index in [1.807, 2.05) is 0 Å². The second-order valence-corrected chi connectivity index (χ2v) is 10.8. The summed E-state index contributed by atoms with van der Waals surface area (Å²) < 4.78 is 22.3. The van der Waals surface area contributed by atoms with Gasteiger partial charge >= 0.3 is 6.01 Å². The lowest BCUT2D eigenvalue weighted by Crippen LogP contribution is -2.51. The number of nitrogens with zero attached hydrogens (tertiary/aromatic N) is 5. The molecule has 36 heavy (non-hydrogen) atoms. The number of phenolic OH excluding ortho intramolecular Hbond substituents is 1. The van der Waals surface area contributed by atoms with E-state index in [4.69, 9.17) is 9.72 Å². The van der Waals surface area contributed by atoms with Gasteiger partial charge in [0, 0.05) is 36.9 Å². The molecule has 4 aliphatic heterocycles. The number of benzene rings is 1. The van der Waals surface area contributed by atoms with E-state index in [1.165, 1.54) is 18.9 Å². The van der Waals surface area contributed by atoms with Crippen LogP contribution in [0.2, 0.25) is 0 Å². The fraction of sp³-hybridized carbons (Fsp3) is 0.519. The molecule has 4 aliphatic rings. The van der Waals surface area contributed by atoms with Crippen LogP contribution in [0.1, 0.15) is 38.5 Å². The Morgan fingerprint density at radius 1 is 1.11 bits per heavy atom. The third-order valence-corrected chi connectivity index (χ3v) is 8.56. The molecule has 4 fully saturated rings. The number of pyridine rings is 1. The Kier molecular flexibility index (Phi) is 5.25. The molecule has 8 nitrogen and oxygen atoms in total. The SMILES string of the molecule is Oc1cccc(-c2ncc3c(N4C[C@H]5CC[C@@H](C4)N5)nc(OCC45CCCN4CCC5)nc3c2F)c1. The summed E-state index contributed by atoms with van der Waals surface area (Å²) in [6, 6.07) is 7.53. The molecule has 0 aliphatic carbocycles. The molecule has 188 valence electrons. The number of aromatic hydroxyl groups is 1. The van der Waals surface area contributed by atoms with E-state index in [0.29, 0.717) is 35.5 Å². The fourth-order valence-corrected chi connectivity index (χ4v) is 6.81. The number of anilines is 1. The summed E-state index contributed by atoms with van der Waals surface area (Å²) in [5, 5.41) is 14.2. The summed E-state index contributed by atoms with van der Waals surface area (Å²) in [7, 11) is 0. The van der Waals surface area contributed by atoms with E-state index in [2.05, 4.69) is 25.1 Å². The molecule has 6 heterocycles. The number of hydrogen-bond donors (Lipinski definition) is 2. The quantitative estimate of drug-likeness (QED) is 0.562. The molecule has 0 radical (unpaired) electrons. The lowest BCUT2D eigenvalue weighted by atomic mass is 9.95. The summed E-state index contributed by atoms with van der Waals surface area (Å²) in [6.45, 7) is 4.39. The predicted molar refractivity (Wildman–Crippen MR) is 135 cm³/mol. The Labute approximate surface area is 209 Å². The first kappa shape index (κ1) is 22.2. The van der Waals surface area contributed by atoms with Gasteiger partial charge in [-0.2, -0.15) is 9.97 Å². The van der Waals surface area contributed by atoms with Gasteiger partial charge < -0.3 is 20.1 Å². The Morgan fingerprint density at radius 2 is 1.89 bits per heavy atom. The summed E-state index contributed by atoms with van der Waals surface area (Å²) in [5.74, 6) is 0.232. The van der Waals surface area contributed by atoms with Gasteiger partial charge in [-0.1, -0.05) is 12.1 Å². The van der Waals surface area contributed by atoms with E-state index in [9.17, 15) is 5.11 Å². The van der Waals surface area contributed by atoms with Crippen molar-refractivity contribution in [2.75, 3.05) is 37.7 Å². The molecule has 2 atom stereocenters. The zero-order valence-electron chi connectivity index (χ0n) is 20.3. The largest absolute Gasteiger partial charge is 0.508 e. The maximum atomic E-state index is 16.0. The summed E-state index contributed by atoms with van der Waals surface area (Å²) in [5.41, 5.74) is 0.923. The van der Waals surface area contributed by atoms with Crippen LogP contribution in [0.4, 0.5) is 10.2 Å². The Morgan fingerprint density at radius 3 is 2.64 bits per heavy atom. The molecule has 1 aromatic carbocycles. The van der Waals surface area contributed by atoms with E-state index in [1.54, 1.807) is 24.4 Å². The van der Waals surface area contributed by atoms with Crippen molar-refractivity contribution in [3.05, 3.63) is 36.3 Å². The van der Waals surface area contributed by atoms with Crippen molar-refractivity contribution >= 4 is 16.7 Å². The van der Waals surface area contributed by atoms with Crippen LogP contribution >= 0.6 is 0 Å². The van der Waals surface area contributed by atoms with Crippen LogP contribution in [0.5, 0.6) is 11.8 Å². The van der Waals surface area contributed by atoms with Crippen LogP contribution in [0, 0.1) is 5.82 Å². The third-order valence-electron chi connectivity index (χ3n) is 8.56. The second kappa shape index (κ2) is 8.52. The zero-order chi connectivity index (χ0) is 24.3. The van der Waals surface area contributed by atoms with Gasteiger partial charge in [-0.15, -0.1) is 0 Å². The van der Waals surface area contributed by atoms with E-state index in [0.717, 1.165) is 51.9 Å². The van der Waals surface area contributed by atoms with E-state index < -0.39 is 5.82 Å². The van der Waals surface area contributed by atoms with Crippen LogP contribution < -0.4 is 15.0 Å². The summed E-state index contributed by atoms with van der Waals surface area (Å²) in [6.07, 6.45) is 8.55. The molecule has 2 N–H and O–H groups in total. The monoisotopic (exact) mass is 490 g/mol.